The minimum Gasteiger partial charge on any atom is -0.508 e. The van der Waals surface area contributed by atoms with Crippen molar-refractivity contribution in [2.24, 2.45) is 0 Å². The molecule has 0 saturated carbocycles. The van der Waals surface area contributed by atoms with E-state index in [9.17, 15) is 23.1 Å². The normalized spacial score (nSPS) is 11.3. The summed E-state index contributed by atoms with van der Waals surface area (Å²) < 4.78 is 25.8. The van der Waals surface area contributed by atoms with Crippen LogP contribution in [0.1, 0.15) is 34.3 Å². The molecule has 0 spiro atoms. The zero-order chi connectivity index (χ0) is 23.1. The molecule has 5 nitrogen and oxygen atoms in total. The molecule has 0 heterocycles. The summed E-state index contributed by atoms with van der Waals surface area (Å²) >= 11 is 5.98. The number of phenolic OH excluding ortho intramolecular Hbond substituents is 1. The first-order chi connectivity index (χ1) is 15.2. The molecule has 0 aromatic heterocycles. The quantitative estimate of drug-likeness (QED) is 0.428. The van der Waals surface area contributed by atoms with Crippen LogP contribution in [-0.4, -0.2) is 30.8 Å². The molecule has 3 aromatic rings. The Bertz CT molecular complexity index is 1220. The minimum absolute atomic E-state index is 0.0477. The van der Waals surface area contributed by atoms with E-state index in [2.05, 4.69) is 0 Å². The van der Waals surface area contributed by atoms with Crippen LogP contribution in [-0.2, 0) is 27.5 Å². The summed E-state index contributed by atoms with van der Waals surface area (Å²) in [6.45, 7) is 0. The lowest BCUT2D eigenvalue weighted by Gasteiger charge is -2.10. The van der Waals surface area contributed by atoms with Crippen LogP contribution in [0, 0.1) is 0 Å². The molecular weight excluding hydrogens is 448 g/mol. The molecule has 1 N–H and O–H groups in total. The van der Waals surface area contributed by atoms with Gasteiger partial charge in [0.15, 0.2) is 15.6 Å². The van der Waals surface area contributed by atoms with Gasteiger partial charge in [-0.15, -0.1) is 0 Å². The van der Waals surface area contributed by atoms with Gasteiger partial charge < -0.3 is 5.11 Å². The largest absolute Gasteiger partial charge is 0.508 e. The molecule has 3 rings (SSSR count). The molecule has 3 aromatic carbocycles. The third-order valence-corrected chi connectivity index (χ3v) is 7.04. The topological polar surface area (TPSA) is 88.5 Å². The number of aryl methyl sites for hydroxylation is 1. The number of carbonyl (C=O) groups excluding carboxylic acids is 2. The van der Waals surface area contributed by atoms with E-state index in [1.807, 2.05) is 6.07 Å². The third-order valence-electron chi connectivity index (χ3n) is 5.04. The predicted molar refractivity (Wildman–Crippen MR) is 124 cm³/mol. The molecule has 166 valence electrons. The van der Waals surface area contributed by atoms with Crippen LogP contribution >= 0.6 is 11.6 Å². The maximum Gasteiger partial charge on any atom is 0.179 e. The maximum absolute atomic E-state index is 12.9. The summed E-state index contributed by atoms with van der Waals surface area (Å²) in [7, 11) is -3.82. The highest BCUT2D eigenvalue weighted by atomic mass is 35.5. The molecule has 0 radical (unpaired) electrons. The number of ketones is 2. The van der Waals surface area contributed by atoms with Crippen LogP contribution < -0.4 is 0 Å². The summed E-state index contributed by atoms with van der Waals surface area (Å²) in [5, 5.41) is 9.89. The second-order valence-corrected chi connectivity index (χ2v) is 10.0. The van der Waals surface area contributed by atoms with Gasteiger partial charge in [0.2, 0.25) is 0 Å². The smallest absolute Gasteiger partial charge is 0.179 e. The van der Waals surface area contributed by atoms with Crippen LogP contribution in [0.25, 0.3) is 0 Å². The van der Waals surface area contributed by atoms with Crippen molar-refractivity contribution >= 4 is 33.0 Å². The van der Waals surface area contributed by atoms with Crippen LogP contribution in [0.5, 0.6) is 5.75 Å². The van der Waals surface area contributed by atoms with Gasteiger partial charge in [0, 0.05) is 29.8 Å². The monoisotopic (exact) mass is 470 g/mol. The standard InChI is InChI=1S/C25H23ClO5S/c26-20-5-3-4-18(16-20)10-13-24(29)23-6-1-2-7-25(23)32(30,31)15-14-22(28)17-19-8-11-21(27)12-9-19/h1-9,11-12,16,27H,10,13-15,17H2. The number of hydrogen-bond donors (Lipinski definition) is 1. The second-order valence-electron chi connectivity index (χ2n) is 7.50. The molecular formula is C25H23ClO5S. The number of phenols is 1. The number of aromatic hydroxyl groups is 1. The highest BCUT2D eigenvalue weighted by molar-refractivity contribution is 7.91. The maximum atomic E-state index is 12.9. The van der Waals surface area contributed by atoms with Gasteiger partial charge in [0.1, 0.15) is 11.5 Å². The fourth-order valence-corrected chi connectivity index (χ4v) is 5.07. The Morgan fingerprint density at radius 3 is 2.28 bits per heavy atom. The Labute approximate surface area is 192 Å². The number of sulfone groups is 1. The van der Waals surface area contributed by atoms with E-state index in [4.69, 9.17) is 11.6 Å². The molecule has 0 aliphatic rings. The Morgan fingerprint density at radius 2 is 1.56 bits per heavy atom. The van der Waals surface area contributed by atoms with Crippen molar-refractivity contribution in [3.8, 4) is 5.75 Å². The molecule has 0 fully saturated rings. The van der Waals surface area contributed by atoms with Gasteiger partial charge in [-0.25, -0.2) is 8.42 Å². The first-order valence-corrected chi connectivity index (χ1v) is 12.2. The Kier molecular flexibility index (Phi) is 7.83. The van der Waals surface area contributed by atoms with E-state index in [1.165, 1.54) is 24.3 Å². The van der Waals surface area contributed by atoms with Crippen LogP contribution in [0.15, 0.2) is 77.7 Å². The van der Waals surface area contributed by atoms with Crippen molar-refractivity contribution in [2.45, 2.75) is 30.6 Å². The predicted octanol–water partition coefficient (Wildman–Crippen LogP) is 4.84. The van der Waals surface area contributed by atoms with E-state index in [0.29, 0.717) is 17.0 Å². The summed E-state index contributed by atoms with van der Waals surface area (Å²) in [5.74, 6) is -0.785. The molecule has 0 aliphatic carbocycles. The van der Waals surface area contributed by atoms with Gasteiger partial charge in [0.25, 0.3) is 0 Å². The molecule has 7 heteroatoms. The second kappa shape index (κ2) is 10.6. The summed E-state index contributed by atoms with van der Waals surface area (Å²) in [6.07, 6.45) is 0.510. The minimum atomic E-state index is -3.82. The zero-order valence-electron chi connectivity index (χ0n) is 17.3. The first kappa shape index (κ1) is 23.7. The van der Waals surface area contributed by atoms with Crippen molar-refractivity contribution in [1.82, 2.24) is 0 Å². The Morgan fingerprint density at radius 1 is 0.844 bits per heavy atom. The van der Waals surface area contributed by atoms with Gasteiger partial charge >= 0.3 is 0 Å². The fourth-order valence-electron chi connectivity index (χ4n) is 3.34. The molecule has 0 amide bonds. The van der Waals surface area contributed by atoms with Crippen molar-refractivity contribution in [3.63, 3.8) is 0 Å². The molecule has 0 saturated heterocycles. The summed E-state index contributed by atoms with van der Waals surface area (Å²) in [4.78, 5) is 25.0. The van der Waals surface area contributed by atoms with E-state index in [1.54, 1.807) is 42.5 Å². The Hall–Kier alpha value is -2.96. The van der Waals surface area contributed by atoms with E-state index in [0.717, 1.165) is 5.56 Å². The number of hydrogen-bond acceptors (Lipinski definition) is 5. The van der Waals surface area contributed by atoms with E-state index in [-0.39, 0.29) is 52.8 Å². The lowest BCUT2D eigenvalue weighted by molar-refractivity contribution is -0.118. The lowest BCUT2D eigenvalue weighted by Crippen LogP contribution is -2.16. The van der Waals surface area contributed by atoms with Crippen molar-refractivity contribution in [2.75, 3.05) is 5.75 Å². The third kappa shape index (κ3) is 6.52. The molecule has 0 atom stereocenters. The van der Waals surface area contributed by atoms with Crippen LogP contribution in [0.2, 0.25) is 5.02 Å². The van der Waals surface area contributed by atoms with Gasteiger partial charge in [-0.1, -0.05) is 54.1 Å². The van der Waals surface area contributed by atoms with Gasteiger partial charge in [0.05, 0.1) is 10.6 Å². The van der Waals surface area contributed by atoms with Gasteiger partial charge in [-0.2, -0.15) is 0 Å². The molecule has 0 unspecified atom stereocenters. The fraction of sp³-hybridized carbons (Fsp3) is 0.200. The van der Waals surface area contributed by atoms with E-state index < -0.39 is 9.84 Å². The molecule has 32 heavy (non-hydrogen) atoms. The number of rotatable bonds is 10. The molecule has 0 bridgehead atoms. The number of carbonyl (C=O) groups is 2. The van der Waals surface area contributed by atoms with Crippen molar-refractivity contribution in [1.29, 1.82) is 0 Å². The van der Waals surface area contributed by atoms with Gasteiger partial charge in [-0.05, 0) is 47.9 Å². The Balaban J connectivity index is 1.66. The van der Waals surface area contributed by atoms with Crippen LogP contribution in [0.4, 0.5) is 0 Å². The average Bonchev–Trinajstić information content (AvgIpc) is 2.78. The number of benzene rings is 3. The SMILES string of the molecule is O=C(CCS(=O)(=O)c1ccccc1C(=O)CCc1cccc(Cl)c1)Cc1ccc(O)cc1. The van der Waals surface area contributed by atoms with Crippen LogP contribution in [0.3, 0.4) is 0 Å². The highest BCUT2D eigenvalue weighted by Gasteiger charge is 2.23. The highest BCUT2D eigenvalue weighted by Crippen LogP contribution is 2.21. The number of Topliss-reactive ketones (excluding diaryl/α,β-unsaturated/α-hetero) is 2. The summed E-state index contributed by atoms with van der Waals surface area (Å²) in [6, 6.07) is 19.5. The summed E-state index contributed by atoms with van der Waals surface area (Å²) in [5.41, 5.74) is 1.73. The van der Waals surface area contributed by atoms with E-state index >= 15 is 0 Å². The van der Waals surface area contributed by atoms with Crippen molar-refractivity contribution in [3.05, 3.63) is 94.5 Å². The zero-order valence-corrected chi connectivity index (χ0v) is 18.9. The average molecular weight is 471 g/mol. The first-order valence-electron chi connectivity index (χ1n) is 10.1. The number of halogens is 1. The lowest BCUT2D eigenvalue weighted by atomic mass is 10.0. The van der Waals surface area contributed by atoms with Gasteiger partial charge in [-0.3, -0.25) is 9.59 Å². The molecule has 0 aliphatic heterocycles. The van der Waals surface area contributed by atoms with Crippen molar-refractivity contribution < 1.29 is 23.1 Å².